The predicted octanol–water partition coefficient (Wildman–Crippen LogP) is 2.66. The molecular weight excluding hydrogens is 426 g/mol. The zero-order valence-corrected chi connectivity index (χ0v) is 19.6. The third kappa shape index (κ3) is 4.29. The smallest absolute Gasteiger partial charge is 0.273 e. The van der Waals surface area contributed by atoms with E-state index in [1.165, 1.54) is 11.3 Å². The highest BCUT2D eigenvalue weighted by atomic mass is 32.1. The molecule has 32 heavy (non-hydrogen) atoms. The number of amides is 1. The lowest BCUT2D eigenvalue weighted by molar-refractivity contribution is -0.132. The summed E-state index contributed by atoms with van der Waals surface area (Å²) in [5, 5.41) is 1.87. The summed E-state index contributed by atoms with van der Waals surface area (Å²) in [5.74, 6) is 1.34. The van der Waals surface area contributed by atoms with Crippen molar-refractivity contribution in [1.82, 2.24) is 14.5 Å². The Balaban J connectivity index is 1.50. The van der Waals surface area contributed by atoms with Crippen LogP contribution in [0.1, 0.15) is 13.8 Å². The fraction of sp³-hybridized carbons (Fsp3) is 0.435. The third-order valence-electron chi connectivity index (χ3n) is 5.96. The van der Waals surface area contributed by atoms with Crippen LogP contribution in [0.3, 0.4) is 0 Å². The maximum atomic E-state index is 13.2. The maximum Gasteiger partial charge on any atom is 0.273 e. The van der Waals surface area contributed by atoms with Crippen LogP contribution in [0.5, 0.6) is 5.75 Å². The summed E-state index contributed by atoms with van der Waals surface area (Å²) >= 11 is 1.37. The van der Waals surface area contributed by atoms with Gasteiger partial charge in [-0.15, -0.1) is 11.3 Å². The van der Waals surface area contributed by atoms with E-state index >= 15 is 0 Å². The number of carbonyl (C=O) groups excluding carboxylic acids is 1. The van der Waals surface area contributed by atoms with Gasteiger partial charge in [-0.2, -0.15) is 0 Å². The predicted molar refractivity (Wildman–Crippen MR) is 129 cm³/mol. The number of carbonyl (C=O) groups is 1. The average molecular weight is 456 g/mol. The molecular formula is C23H29N5O3S. The second-order valence-corrected chi connectivity index (χ2v) is 8.59. The molecule has 1 saturated heterocycles. The summed E-state index contributed by atoms with van der Waals surface area (Å²) in [6.45, 7) is 8.23. The van der Waals surface area contributed by atoms with Crippen LogP contribution in [-0.2, 0) is 11.3 Å². The van der Waals surface area contributed by atoms with Crippen molar-refractivity contribution in [2.45, 2.75) is 20.4 Å². The standard InChI is InChI=1S/C23H29N5O3S/c1-4-25(5-2)23-24-19-10-15-32-21(19)22(30)28(23)16-20(29)27-13-11-26(12-14-27)17-6-8-18(31-3)9-7-17/h6-10,15H,4-5,11-14,16H2,1-3H3. The van der Waals surface area contributed by atoms with E-state index in [-0.39, 0.29) is 18.0 Å². The molecule has 4 rings (SSSR count). The SMILES string of the molecule is CCN(CC)c1nc2ccsc2c(=O)n1CC(=O)N1CCN(c2ccc(OC)cc2)CC1. The zero-order chi connectivity index (χ0) is 22.7. The zero-order valence-electron chi connectivity index (χ0n) is 18.8. The summed E-state index contributed by atoms with van der Waals surface area (Å²) in [7, 11) is 1.65. The van der Waals surface area contributed by atoms with E-state index in [4.69, 9.17) is 9.72 Å². The first-order chi connectivity index (χ1) is 15.5. The van der Waals surface area contributed by atoms with E-state index in [0.717, 1.165) is 24.5 Å². The van der Waals surface area contributed by atoms with Gasteiger partial charge < -0.3 is 19.4 Å². The van der Waals surface area contributed by atoms with Crippen molar-refractivity contribution in [3.05, 3.63) is 46.1 Å². The molecule has 8 nitrogen and oxygen atoms in total. The molecule has 0 radical (unpaired) electrons. The minimum atomic E-state index is -0.142. The number of benzene rings is 1. The Kier molecular flexibility index (Phi) is 6.64. The second kappa shape index (κ2) is 9.60. The highest BCUT2D eigenvalue weighted by Gasteiger charge is 2.24. The van der Waals surface area contributed by atoms with Crippen LogP contribution in [0.2, 0.25) is 0 Å². The molecule has 9 heteroatoms. The Labute approximate surface area is 191 Å². The van der Waals surface area contributed by atoms with E-state index in [2.05, 4.69) is 4.90 Å². The van der Waals surface area contributed by atoms with Gasteiger partial charge in [-0.05, 0) is 49.6 Å². The lowest BCUT2D eigenvalue weighted by atomic mass is 10.2. The summed E-state index contributed by atoms with van der Waals surface area (Å²) in [6, 6.07) is 9.82. The normalized spacial score (nSPS) is 14.1. The Morgan fingerprint density at radius 1 is 1.09 bits per heavy atom. The number of aromatic nitrogens is 2. The van der Waals surface area contributed by atoms with Crippen molar-refractivity contribution in [2.24, 2.45) is 0 Å². The molecule has 1 aromatic carbocycles. The minimum absolute atomic E-state index is 0.00798. The van der Waals surface area contributed by atoms with Gasteiger partial charge in [-0.25, -0.2) is 4.98 Å². The molecule has 1 aliphatic rings. The number of methoxy groups -OCH3 is 1. The number of rotatable bonds is 7. The van der Waals surface area contributed by atoms with Crippen LogP contribution in [0, 0.1) is 0 Å². The molecule has 0 aliphatic carbocycles. The van der Waals surface area contributed by atoms with Gasteiger partial charge in [0, 0.05) is 45.0 Å². The Bertz CT molecular complexity index is 1130. The molecule has 0 N–H and O–H groups in total. The first-order valence-corrected chi connectivity index (χ1v) is 11.8. The van der Waals surface area contributed by atoms with Crippen molar-refractivity contribution in [2.75, 3.05) is 56.2 Å². The summed E-state index contributed by atoms with van der Waals surface area (Å²) < 4.78 is 7.37. The summed E-state index contributed by atoms with van der Waals surface area (Å²) in [5.41, 5.74) is 1.67. The topological polar surface area (TPSA) is 70.9 Å². The van der Waals surface area contributed by atoms with Gasteiger partial charge in [-0.3, -0.25) is 14.2 Å². The molecule has 2 aromatic heterocycles. The monoisotopic (exact) mass is 455 g/mol. The molecule has 0 spiro atoms. The molecule has 170 valence electrons. The van der Waals surface area contributed by atoms with E-state index in [1.807, 2.05) is 59.4 Å². The van der Waals surface area contributed by atoms with Crippen molar-refractivity contribution < 1.29 is 9.53 Å². The van der Waals surface area contributed by atoms with Crippen LogP contribution in [0.15, 0.2) is 40.5 Å². The lowest BCUT2D eigenvalue weighted by Gasteiger charge is -2.36. The Morgan fingerprint density at radius 3 is 2.41 bits per heavy atom. The molecule has 3 aromatic rings. The second-order valence-electron chi connectivity index (χ2n) is 7.68. The number of nitrogens with zero attached hydrogens (tertiary/aromatic N) is 5. The number of ether oxygens (including phenoxy) is 1. The van der Waals surface area contributed by atoms with Gasteiger partial charge in [0.15, 0.2) is 0 Å². The fourth-order valence-corrected chi connectivity index (χ4v) is 4.84. The quantitative estimate of drug-likeness (QED) is 0.546. The molecule has 0 atom stereocenters. The van der Waals surface area contributed by atoms with Gasteiger partial charge in [-0.1, -0.05) is 0 Å². The highest BCUT2D eigenvalue weighted by molar-refractivity contribution is 7.17. The molecule has 1 amide bonds. The number of hydrogen-bond acceptors (Lipinski definition) is 7. The average Bonchev–Trinajstić information content (AvgIpc) is 3.31. The molecule has 1 aliphatic heterocycles. The number of anilines is 2. The molecule has 1 fully saturated rings. The largest absolute Gasteiger partial charge is 0.497 e. The van der Waals surface area contributed by atoms with E-state index in [0.29, 0.717) is 42.3 Å². The summed E-state index contributed by atoms with van der Waals surface area (Å²) in [6.07, 6.45) is 0. The first-order valence-electron chi connectivity index (χ1n) is 11.0. The lowest BCUT2D eigenvalue weighted by Crippen LogP contribution is -2.50. The molecule has 0 saturated carbocycles. The van der Waals surface area contributed by atoms with Crippen LogP contribution >= 0.6 is 11.3 Å². The van der Waals surface area contributed by atoms with Crippen LogP contribution in [0.4, 0.5) is 11.6 Å². The van der Waals surface area contributed by atoms with Gasteiger partial charge >= 0.3 is 0 Å². The Morgan fingerprint density at radius 2 is 1.78 bits per heavy atom. The fourth-order valence-electron chi connectivity index (χ4n) is 4.06. The molecule has 3 heterocycles. The third-order valence-corrected chi connectivity index (χ3v) is 6.85. The van der Waals surface area contributed by atoms with Crippen molar-refractivity contribution in [3.8, 4) is 5.75 Å². The highest BCUT2D eigenvalue weighted by Crippen LogP contribution is 2.22. The summed E-state index contributed by atoms with van der Waals surface area (Å²) in [4.78, 5) is 37.2. The van der Waals surface area contributed by atoms with Crippen molar-refractivity contribution >= 4 is 39.1 Å². The minimum Gasteiger partial charge on any atom is -0.497 e. The van der Waals surface area contributed by atoms with Crippen LogP contribution < -0.4 is 20.1 Å². The van der Waals surface area contributed by atoms with Gasteiger partial charge in [0.25, 0.3) is 5.56 Å². The number of thiophene rings is 1. The van der Waals surface area contributed by atoms with Gasteiger partial charge in [0.2, 0.25) is 11.9 Å². The Hall–Kier alpha value is -3.07. The van der Waals surface area contributed by atoms with Crippen molar-refractivity contribution in [3.63, 3.8) is 0 Å². The molecule has 0 unspecified atom stereocenters. The van der Waals surface area contributed by atoms with Crippen LogP contribution in [-0.4, -0.2) is 66.7 Å². The number of hydrogen-bond donors (Lipinski definition) is 0. The van der Waals surface area contributed by atoms with E-state index in [9.17, 15) is 9.59 Å². The maximum absolute atomic E-state index is 13.2. The van der Waals surface area contributed by atoms with E-state index < -0.39 is 0 Å². The van der Waals surface area contributed by atoms with Crippen LogP contribution in [0.25, 0.3) is 10.2 Å². The first kappa shape index (κ1) is 22.1. The van der Waals surface area contributed by atoms with E-state index in [1.54, 1.807) is 11.7 Å². The van der Waals surface area contributed by atoms with Crippen molar-refractivity contribution in [1.29, 1.82) is 0 Å². The van der Waals surface area contributed by atoms with Gasteiger partial charge in [0.1, 0.15) is 17.0 Å². The molecule has 0 bridgehead atoms. The number of fused-ring (bicyclic) bond motifs is 1. The number of piperazine rings is 1. The van der Waals surface area contributed by atoms with Gasteiger partial charge in [0.05, 0.1) is 12.6 Å².